The Balaban J connectivity index is 1.37. The lowest BCUT2D eigenvalue weighted by molar-refractivity contribution is 0.0907. The minimum Gasteiger partial charge on any atom is -0.349 e. The average molecular weight is 394 g/mol. The summed E-state index contributed by atoms with van der Waals surface area (Å²) in [4.78, 5) is 31.8. The van der Waals surface area contributed by atoms with Crippen molar-refractivity contribution in [1.29, 1.82) is 0 Å². The van der Waals surface area contributed by atoms with Gasteiger partial charge < -0.3 is 5.32 Å². The number of pyridine rings is 1. The van der Waals surface area contributed by atoms with Crippen molar-refractivity contribution in [2.45, 2.75) is 32.4 Å². The molecule has 0 atom stereocenters. The molecule has 0 unspecified atom stereocenters. The molecule has 1 aliphatic rings. The summed E-state index contributed by atoms with van der Waals surface area (Å²) in [5.41, 5.74) is 2.21. The standard InChI is InChI=1S/C22H23FN4O2/c1-15-2-7-20-24-12-19(22(29)27(20)13-15)21(28)25-18-8-10-26(11-9-18)14-16-3-5-17(23)6-4-16/h2-7,12-13,18H,8-11,14H2,1H3,(H,25,28). The largest absolute Gasteiger partial charge is 0.349 e. The van der Waals surface area contributed by atoms with Crippen molar-refractivity contribution in [1.82, 2.24) is 19.6 Å². The van der Waals surface area contributed by atoms with E-state index in [0.29, 0.717) is 5.65 Å². The van der Waals surface area contributed by atoms with E-state index in [4.69, 9.17) is 0 Å². The zero-order valence-corrected chi connectivity index (χ0v) is 16.3. The predicted molar refractivity (Wildman–Crippen MR) is 108 cm³/mol. The van der Waals surface area contributed by atoms with Crippen LogP contribution in [0.1, 0.15) is 34.3 Å². The minimum absolute atomic E-state index is 0.0181. The fourth-order valence-electron chi connectivity index (χ4n) is 3.68. The summed E-state index contributed by atoms with van der Waals surface area (Å²) < 4.78 is 14.4. The molecule has 1 aromatic carbocycles. The zero-order valence-electron chi connectivity index (χ0n) is 16.3. The van der Waals surface area contributed by atoms with Gasteiger partial charge in [0.1, 0.15) is 17.0 Å². The van der Waals surface area contributed by atoms with E-state index in [1.165, 1.54) is 22.7 Å². The maximum absolute atomic E-state index is 13.0. The van der Waals surface area contributed by atoms with Gasteiger partial charge in [-0.15, -0.1) is 0 Å². The van der Waals surface area contributed by atoms with Crippen LogP contribution in [0.4, 0.5) is 4.39 Å². The highest BCUT2D eigenvalue weighted by atomic mass is 19.1. The Morgan fingerprint density at radius 1 is 1.17 bits per heavy atom. The first-order chi connectivity index (χ1) is 14.0. The molecule has 6 nitrogen and oxygen atoms in total. The molecular weight excluding hydrogens is 371 g/mol. The lowest BCUT2D eigenvalue weighted by atomic mass is 10.0. The van der Waals surface area contributed by atoms with Crippen molar-refractivity contribution < 1.29 is 9.18 Å². The van der Waals surface area contributed by atoms with Crippen molar-refractivity contribution in [3.8, 4) is 0 Å². The molecule has 1 aliphatic heterocycles. The Kier molecular flexibility index (Phi) is 5.40. The van der Waals surface area contributed by atoms with E-state index in [-0.39, 0.29) is 28.9 Å². The summed E-state index contributed by atoms with van der Waals surface area (Å²) in [6.45, 7) is 4.31. The van der Waals surface area contributed by atoms with Gasteiger partial charge in [-0.3, -0.25) is 18.9 Å². The molecule has 0 bridgehead atoms. The quantitative estimate of drug-likeness (QED) is 0.739. The number of hydrogen-bond donors (Lipinski definition) is 1. The number of halogens is 1. The third-order valence-electron chi connectivity index (χ3n) is 5.34. The number of fused-ring (bicyclic) bond motifs is 1. The monoisotopic (exact) mass is 394 g/mol. The first-order valence-electron chi connectivity index (χ1n) is 9.75. The van der Waals surface area contributed by atoms with Crippen LogP contribution in [0.5, 0.6) is 0 Å². The van der Waals surface area contributed by atoms with Gasteiger partial charge in [-0.25, -0.2) is 9.37 Å². The Bertz CT molecular complexity index is 1090. The third-order valence-corrected chi connectivity index (χ3v) is 5.34. The van der Waals surface area contributed by atoms with E-state index in [2.05, 4.69) is 15.2 Å². The molecule has 1 saturated heterocycles. The number of likely N-dealkylation sites (tertiary alicyclic amines) is 1. The fourth-order valence-corrected chi connectivity index (χ4v) is 3.68. The highest BCUT2D eigenvalue weighted by Crippen LogP contribution is 2.15. The molecule has 3 aromatic rings. The van der Waals surface area contributed by atoms with Crippen molar-refractivity contribution in [3.63, 3.8) is 0 Å². The van der Waals surface area contributed by atoms with Gasteiger partial charge >= 0.3 is 0 Å². The second kappa shape index (κ2) is 8.13. The van der Waals surface area contributed by atoms with Crippen LogP contribution in [0, 0.1) is 12.7 Å². The second-order valence-corrected chi connectivity index (χ2v) is 7.56. The number of amides is 1. The number of rotatable bonds is 4. The van der Waals surface area contributed by atoms with Crippen molar-refractivity contribution in [2.75, 3.05) is 13.1 Å². The molecule has 0 radical (unpaired) electrons. The summed E-state index contributed by atoms with van der Waals surface area (Å²) in [5.74, 6) is -0.611. The minimum atomic E-state index is -0.379. The van der Waals surface area contributed by atoms with E-state index in [1.54, 1.807) is 24.4 Å². The molecular formula is C22H23FN4O2. The van der Waals surface area contributed by atoms with E-state index in [9.17, 15) is 14.0 Å². The van der Waals surface area contributed by atoms with Crippen LogP contribution in [0.3, 0.4) is 0 Å². The van der Waals surface area contributed by atoms with E-state index >= 15 is 0 Å². The number of aryl methyl sites for hydroxylation is 1. The molecule has 1 amide bonds. The van der Waals surface area contributed by atoms with E-state index < -0.39 is 0 Å². The Labute approximate surface area is 168 Å². The molecule has 0 saturated carbocycles. The summed E-state index contributed by atoms with van der Waals surface area (Å²) in [7, 11) is 0. The lowest BCUT2D eigenvalue weighted by Crippen LogP contribution is -2.45. The van der Waals surface area contributed by atoms with Crippen molar-refractivity contribution in [3.05, 3.63) is 81.7 Å². The zero-order chi connectivity index (χ0) is 20.4. The number of piperidine rings is 1. The first-order valence-corrected chi connectivity index (χ1v) is 9.75. The Hall–Kier alpha value is -3.06. The molecule has 0 aliphatic carbocycles. The van der Waals surface area contributed by atoms with E-state index in [0.717, 1.165) is 43.6 Å². The smallest absolute Gasteiger partial charge is 0.270 e. The molecule has 150 valence electrons. The molecule has 3 heterocycles. The molecule has 4 rings (SSSR count). The van der Waals surface area contributed by atoms with Gasteiger partial charge in [-0.05, 0) is 49.1 Å². The van der Waals surface area contributed by atoms with Crippen LogP contribution in [-0.4, -0.2) is 39.3 Å². The number of nitrogens with one attached hydrogen (secondary N) is 1. The van der Waals surface area contributed by atoms with Crippen LogP contribution in [0.2, 0.25) is 0 Å². The third kappa shape index (κ3) is 4.35. The van der Waals surface area contributed by atoms with Gasteiger partial charge in [0.05, 0.1) is 0 Å². The first kappa shape index (κ1) is 19.3. The van der Waals surface area contributed by atoms with Crippen LogP contribution in [0.25, 0.3) is 5.65 Å². The number of nitrogens with zero attached hydrogens (tertiary/aromatic N) is 3. The van der Waals surface area contributed by atoms with Gasteiger partial charge in [0.2, 0.25) is 0 Å². The summed E-state index contributed by atoms with van der Waals surface area (Å²) in [6.07, 6.45) is 4.64. The number of benzene rings is 1. The normalized spacial score (nSPS) is 15.5. The highest BCUT2D eigenvalue weighted by molar-refractivity contribution is 5.93. The van der Waals surface area contributed by atoms with Crippen molar-refractivity contribution >= 4 is 11.6 Å². The molecule has 2 aromatic heterocycles. The van der Waals surface area contributed by atoms with Crippen LogP contribution >= 0.6 is 0 Å². The van der Waals surface area contributed by atoms with Gasteiger partial charge in [0.15, 0.2) is 0 Å². The Morgan fingerprint density at radius 2 is 1.90 bits per heavy atom. The van der Waals surface area contributed by atoms with Crippen LogP contribution in [-0.2, 0) is 6.54 Å². The number of carbonyl (C=O) groups is 1. The summed E-state index contributed by atoms with van der Waals surface area (Å²) in [6, 6.07) is 10.2. The molecule has 29 heavy (non-hydrogen) atoms. The van der Waals surface area contributed by atoms with Gasteiger partial charge in [0.25, 0.3) is 11.5 Å². The number of carbonyl (C=O) groups excluding carboxylic acids is 1. The van der Waals surface area contributed by atoms with Gasteiger partial charge in [0, 0.05) is 38.1 Å². The van der Waals surface area contributed by atoms with Crippen LogP contribution in [0.15, 0.2) is 53.6 Å². The molecule has 7 heteroatoms. The van der Waals surface area contributed by atoms with E-state index in [1.807, 2.05) is 13.0 Å². The second-order valence-electron chi connectivity index (χ2n) is 7.56. The van der Waals surface area contributed by atoms with Gasteiger partial charge in [-0.1, -0.05) is 18.2 Å². The molecule has 1 N–H and O–H groups in total. The maximum atomic E-state index is 13.0. The highest BCUT2D eigenvalue weighted by Gasteiger charge is 2.23. The topological polar surface area (TPSA) is 66.7 Å². The fraction of sp³-hybridized carbons (Fsp3) is 0.318. The molecule has 1 fully saturated rings. The number of hydrogen-bond acceptors (Lipinski definition) is 4. The number of aromatic nitrogens is 2. The lowest BCUT2D eigenvalue weighted by Gasteiger charge is -2.32. The predicted octanol–water partition coefficient (Wildman–Crippen LogP) is 2.54. The summed E-state index contributed by atoms with van der Waals surface area (Å²) >= 11 is 0. The summed E-state index contributed by atoms with van der Waals surface area (Å²) in [5, 5.41) is 2.98. The molecule has 0 spiro atoms. The van der Waals surface area contributed by atoms with Crippen molar-refractivity contribution in [2.24, 2.45) is 0 Å². The van der Waals surface area contributed by atoms with Crippen LogP contribution < -0.4 is 10.9 Å². The maximum Gasteiger partial charge on any atom is 0.270 e. The Morgan fingerprint density at radius 3 is 2.62 bits per heavy atom. The SMILES string of the molecule is Cc1ccc2ncc(C(=O)NC3CCN(Cc4ccc(F)cc4)CC3)c(=O)n2c1. The van der Waals surface area contributed by atoms with Gasteiger partial charge in [-0.2, -0.15) is 0 Å². The average Bonchev–Trinajstić information content (AvgIpc) is 2.72.